The number of hydrogen-bond donors (Lipinski definition) is 0. The first kappa shape index (κ1) is 12.4. The van der Waals surface area contributed by atoms with Crippen LogP contribution in [0.1, 0.15) is 21.7 Å². The largest absolute Gasteiger partial charge is 0.496 e. The molecule has 0 radical (unpaired) electrons. The summed E-state index contributed by atoms with van der Waals surface area (Å²) in [6.45, 7) is 1.63. The van der Waals surface area contributed by atoms with Gasteiger partial charge in [-0.05, 0) is 19.1 Å². The van der Waals surface area contributed by atoms with Crippen LogP contribution in [0.4, 0.5) is 4.39 Å². The van der Waals surface area contributed by atoms with Gasteiger partial charge in [-0.15, -0.1) is 0 Å². The topological polar surface area (TPSA) is 31.2 Å². The van der Waals surface area contributed by atoms with Crippen molar-refractivity contribution in [3.63, 3.8) is 0 Å². The minimum atomic E-state index is -0.379. The van der Waals surface area contributed by atoms with Gasteiger partial charge in [-0.3, -0.25) is 4.79 Å². The Morgan fingerprint density at radius 1 is 1.33 bits per heavy atom. The molecule has 0 bridgehead atoms. The van der Waals surface area contributed by atoms with E-state index in [9.17, 15) is 9.18 Å². The quantitative estimate of drug-likeness (QED) is 0.781. The van der Waals surface area contributed by atoms with Crippen LogP contribution in [0, 0.1) is 12.7 Å². The zero-order valence-corrected chi connectivity index (χ0v) is 10.5. The third kappa shape index (κ3) is 1.90. The second-order valence-corrected chi connectivity index (χ2v) is 4.05. The van der Waals surface area contributed by atoms with Gasteiger partial charge in [0.1, 0.15) is 11.6 Å². The standard InChI is InChI=1S/C14H14FNO2/c1-9-11(15)8-12(16(9)2)14(17)10-6-4-5-7-13(10)18-3/h4-8H,1-3H3. The zero-order chi connectivity index (χ0) is 13.3. The Morgan fingerprint density at radius 2 is 2.00 bits per heavy atom. The third-order valence-electron chi connectivity index (χ3n) is 3.06. The molecule has 0 atom stereocenters. The Kier molecular flexibility index (Phi) is 3.19. The number of halogens is 1. The second-order valence-electron chi connectivity index (χ2n) is 4.05. The molecule has 0 fully saturated rings. The molecule has 94 valence electrons. The molecule has 1 aromatic carbocycles. The van der Waals surface area contributed by atoms with Gasteiger partial charge < -0.3 is 9.30 Å². The number of ether oxygens (including phenoxy) is 1. The Bertz CT molecular complexity index is 602. The third-order valence-corrected chi connectivity index (χ3v) is 3.06. The number of benzene rings is 1. The van der Waals surface area contributed by atoms with Crippen LogP contribution in [0.3, 0.4) is 0 Å². The predicted octanol–water partition coefficient (Wildman–Crippen LogP) is 2.71. The molecule has 0 spiro atoms. The van der Waals surface area contributed by atoms with Crippen LogP contribution in [0.2, 0.25) is 0 Å². The van der Waals surface area contributed by atoms with Gasteiger partial charge in [0.05, 0.1) is 24.1 Å². The summed E-state index contributed by atoms with van der Waals surface area (Å²) in [7, 11) is 3.17. The highest BCUT2D eigenvalue weighted by molar-refractivity contribution is 6.09. The van der Waals surface area contributed by atoms with Crippen molar-refractivity contribution in [2.24, 2.45) is 7.05 Å². The van der Waals surface area contributed by atoms with Crippen molar-refractivity contribution in [2.45, 2.75) is 6.92 Å². The number of aromatic nitrogens is 1. The SMILES string of the molecule is COc1ccccc1C(=O)c1cc(F)c(C)n1C. The number of carbonyl (C=O) groups excluding carboxylic acids is 1. The van der Waals surface area contributed by atoms with E-state index in [0.717, 1.165) is 0 Å². The maximum atomic E-state index is 13.5. The molecular weight excluding hydrogens is 233 g/mol. The zero-order valence-electron chi connectivity index (χ0n) is 10.5. The van der Waals surface area contributed by atoms with Crippen molar-refractivity contribution in [2.75, 3.05) is 7.11 Å². The molecule has 2 rings (SSSR count). The fraction of sp³-hybridized carbons (Fsp3) is 0.214. The van der Waals surface area contributed by atoms with E-state index in [-0.39, 0.29) is 11.6 Å². The van der Waals surface area contributed by atoms with Gasteiger partial charge in [-0.1, -0.05) is 12.1 Å². The van der Waals surface area contributed by atoms with Crippen LogP contribution in [-0.2, 0) is 7.05 Å². The van der Waals surface area contributed by atoms with Crippen LogP contribution in [-0.4, -0.2) is 17.5 Å². The molecule has 0 saturated heterocycles. The summed E-state index contributed by atoms with van der Waals surface area (Å²) >= 11 is 0. The van der Waals surface area contributed by atoms with E-state index in [4.69, 9.17) is 4.74 Å². The first-order valence-electron chi connectivity index (χ1n) is 5.55. The van der Waals surface area contributed by atoms with Gasteiger partial charge in [0.15, 0.2) is 0 Å². The lowest BCUT2D eigenvalue weighted by Gasteiger charge is -2.08. The van der Waals surface area contributed by atoms with Gasteiger partial charge in [0, 0.05) is 13.1 Å². The Labute approximate surface area is 105 Å². The van der Waals surface area contributed by atoms with Gasteiger partial charge in [0.2, 0.25) is 5.78 Å². The highest BCUT2D eigenvalue weighted by atomic mass is 19.1. The van der Waals surface area contributed by atoms with Crippen molar-refractivity contribution in [1.82, 2.24) is 4.57 Å². The minimum Gasteiger partial charge on any atom is -0.496 e. The second kappa shape index (κ2) is 4.64. The van der Waals surface area contributed by atoms with Crippen LogP contribution >= 0.6 is 0 Å². The van der Waals surface area contributed by atoms with E-state index in [2.05, 4.69) is 0 Å². The van der Waals surface area contributed by atoms with E-state index < -0.39 is 0 Å². The Hall–Kier alpha value is -2.10. The molecule has 0 aliphatic heterocycles. The molecule has 3 nitrogen and oxygen atoms in total. The molecule has 0 aliphatic carbocycles. The fourth-order valence-corrected chi connectivity index (χ4v) is 1.85. The van der Waals surface area contributed by atoms with Crippen LogP contribution < -0.4 is 4.74 Å². The maximum absolute atomic E-state index is 13.5. The summed E-state index contributed by atoms with van der Waals surface area (Å²) in [6.07, 6.45) is 0. The highest BCUT2D eigenvalue weighted by Gasteiger charge is 2.19. The first-order valence-corrected chi connectivity index (χ1v) is 5.55. The lowest BCUT2D eigenvalue weighted by atomic mass is 10.1. The molecule has 0 aliphatic rings. The van der Waals surface area contributed by atoms with E-state index in [0.29, 0.717) is 22.7 Å². The fourth-order valence-electron chi connectivity index (χ4n) is 1.85. The number of para-hydroxylation sites is 1. The van der Waals surface area contributed by atoms with Gasteiger partial charge in [-0.25, -0.2) is 4.39 Å². The van der Waals surface area contributed by atoms with E-state index >= 15 is 0 Å². The predicted molar refractivity (Wildman–Crippen MR) is 66.5 cm³/mol. The molecular formula is C14H14FNO2. The van der Waals surface area contributed by atoms with E-state index in [1.165, 1.54) is 13.2 Å². The maximum Gasteiger partial charge on any atom is 0.213 e. The molecule has 0 saturated carbocycles. The summed E-state index contributed by atoms with van der Waals surface area (Å²) in [6, 6.07) is 8.17. The number of nitrogens with zero attached hydrogens (tertiary/aromatic N) is 1. The lowest BCUT2D eigenvalue weighted by Crippen LogP contribution is -2.09. The minimum absolute atomic E-state index is 0.248. The molecule has 1 aromatic heterocycles. The molecule has 2 aromatic rings. The summed E-state index contributed by atoms with van der Waals surface area (Å²) < 4.78 is 20.1. The summed E-state index contributed by atoms with van der Waals surface area (Å²) in [5, 5.41) is 0. The number of carbonyl (C=O) groups is 1. The number of hydrogen-bond acceptors (Lipinski definition) is 2. The molecule has 0 N–H and O–H groups in total. The number of rotatable bonds is 3. The van der Waals surface area contributed by atoms with Gasteiger partial charge in [-0.2, -0.15) is 0 Å². The number of ketones is 1. The molecule has 1 heterocycles. The van der Waals surface area contributed by atoms with Crippen molar-refractivity contribution < 1.29 is 13.9 Å². The average molecular weight is 247 g/mol. The smallest absolute Gasteiger partial charge is 0.213 e. The van der Waals surface area contributed by atoms with Crippen molar-refractivity contribution in [3.05, 3.63) is 53.1 Å². The normalized spacial score (nSPS) is 10.4. The first-order chi connectivity index (χ1) is 8.56. The van der Waals surface area contributed by atoms with Crippen LogP contribution in [0.25, 0.3) is 0 Å². The van der Waals surface area contributed by atoms with Crippen LogP contribution in [0.5, 0.6) is 5.75 Å². The van der Waals surface area contributed by atoms with E-state index in [1.54, 1.807) is 42.8 Å². The van der Waals surface area contributed by atoms with Crippen molar-refractivity contribution in [1.29, 1.82) is 0 Å². The Balaban J connectivity index is 2.51. The summed E-state index contributed by atoms with van der Waals surface area (Å²) in [4.78, 5) is 12.3. The van der Waals surface area contributed by atoms with Crippen LogP contribution in [0.15, 0.2) is 30.3 Å². The average Bonchev–Trinajstić information content (AvgIpc) is 2.65. The molecule has 0 unspecified atom stereocenters. The summed E-state index contributed by atoms with van der Waals surface area (Å²) in [5.74, 6) is -0.139. The van der Waals surface area contributed by atoms with Gasteiger partial charge >= 0.3 is 0 Å². The monoisotopic (exact) mass is 247 g/mol. The molecule has 4 heteroatoms. The van der Waals surface area contributed by atoms with Crippen molar-refractivity contribution in [3.8, 4) is 5.75 Å². The van der Waals surface area contributed by atoms with Gasteiger partial charge in [0.25, 0.3) is 0 Å². The lowest BCUT2D eigenvalue weighted by molar-refractivity contribution is 0.102. The van der Waals surface area contributed by atoms with E-state index in [1.807, 2.05) is 0 Å². The summed E-state index contributed by atoms with van der Waals surface area (Å²) in [5.41, 5.74) is 1.18. The Morgan fingerprint density at radius 3 is 2.56 bits per heavy atom. The highest BCUT2D eigenvalue weighted by Crippen LogP contribution is 2.22. The molecule has 18 heavy (non-hydrogen) atoms. The number of methoxy groups -OCH3 is 1. The van der Waals surface area contributed by atoms with Crippen molar-refractivity contribution >= 4 is 5.78 Å². The molecule has 0 amide bonds.